The van der Waals surface area contributed by atoms with Gasteiger partial charge in [-0.2, -0.15) is 4.39 Å². The molecule has 8 heteroatoms. The Kier molecular flexibility index (Phi) is 4.41. The molecule has 5 nitrogen and oxygen atoms in total. The minimum Gasteiger partial charge on any atom is -0.346 e. The Morgan fingerprint density at radius 1 is 1.47 bits per heavy atom. The van der Waals surface area contributed by atoms with Crippen molar-refractivity contribution in [1.82, 2.24) is 5.32 Å². The minimum atomic E-state index is -1.51. The fourth-order valence-electron chi connectivity index (χ4n) is 1.29. The molecule has 1 rings (SSSR count). The van der Waals surface area contributed by atoms with Gasteiger partial charge in [0.2, 0.25) is 5.82 Å². The van der Waals surface area contributed by atoms with Crippen LogP contribution in [0.3, 0.4) is 0 Å². The van der Waals surface area contributed by atoms with Crippen molar-refractivity contribution < 1.29 is 18.5 Å². The molecule has 1 aromatic carbocycles. The topological polar surface area (TPSA) is 72.2 Å². The number of nitro groups is 1. The lowest BCUT2D eigenvalue weighted by Crippen LogP contribution is -2.45. The van der Waals surface area contributed by atoms with Crippen LogP contribution in [0.5, 0.6) is 0 Å². The Morgan fingerprint density at radius 2 is 2.05 bits per heavy atom. The molecule has 19 heavy (non-hydrogen) atoms. The molecule has 0 radical (unpaired) electrons. The van der Waals surface area contributed by atoms with E-state index in [1.54, 1.807) is 13.8 Å². The Morgan fingerprint density at radius 3 is 2.53 bits per heavy atom. The van der Waals surface area contributed by atoms with Gasteiger partial charge >= 0.3 is 5.69 Å². The van der Waals surface area contributed by atoms with Gasteiger partial charge in [0.05, 0.1) is 4.92 Å². The number of hydrogen-bond acceptors (Lipinski definition) is 3. The lowest BCUT2D eigenvalue weighted by atomic mass is 10.1. The average Bonchev–Trinajstić information content (AvgIpc) is 2.27. The highest BCUT2D eigenvalue weighted by atomic mass is 35.5. The van der Waals surface area contributed by atoms with Crippen LogP contribution in [0.1, 0.15) is 24.2 Å². The molecule has 0 saturated carbocycles. The number of alkyl halides is 1. The van der Waals surface area contributed by atoms with Crippen molar-refractivity contribution in [3.63, 3.8) is 0 Å². The molecule has 1 amide bonds. The number of nitrogens with zero attached hydrogens (tertiary/aromatic N) is 1. The van der Waals surface area contributed by atoms with E-state index in [1.165, 1.54) is 0 Å². The van der Waals surface area contributed by atoms with Crippen LogP contribution in [-0.2, 0) is 0 Å². The normalized spacial score (nSPS) is 11.2. The number of benzene rings is 1. The van der Waals surface area contributed by atoms with Crippen molar-refractivity contribution in [2.45, 2.75) is 19.4 Å². The van der Waals surface area contributed by atoms with Gasteiger partial charge in [-0.1, -0.05) is 0 Å². The first kappa shape index (κ1) is 15.3. The monoisotopic (exact) mass is 292 g/mol. The van der Waals surface area contributed by atoms with Crippen LogP contribution in [-0.4, -0.2) is 22.2 Å². The lowest BCUT2D eigenvalue weighted by molar-refractivity contribution is -0.387. The average molecular weight is 293 g/mol. The molecule has 0 bridgehead atoms. The van der Waals surface area contributed by atoms with Gasteiger partial charge in [-0.25, -0.2) is 4.39 Å². The van der Waals surface area contributed by atoms with Gasteiger partial charge in [0.15, 0.2) is 0 Å². The van der Waals surface area contributed by atoms with Gasteiger partial charge in [0.1, 0.15) is 11.4 Å². The largest absolute Gasteiger partial charge is 0.346 e. The van der Waals surface area contributed by atoms with Crippen LogP contribution in [0, 0.1) is 21.7 Å². The summed E-state index contributed by atoms with van der Waals surface area (Å²) in [6.45, 7) is 3.09. The van der Waals surface area contributed by atoms with Crippen LogP contribution in [0.4, 0.5) is 14.5 Å². The molecule has 1 aromatic rings. The van der Waals surface area contributed by atoms with E-state index in [2.05, 4.69) is 5.32 Å². The van der Waals surface area contributed by atoms with E-state index in [4.69, 9.17) is 11.6 Å². The first-order valence-corrected chi connectivity index (χ1v) is 5.74. The number of nitrogens with one attached hydrogen (secondary N) is 1. The van der Waals surface area contributed by atoms with Crippen molar-refractivity contribution in [2.75, 3.05) is 5.88 Å². The van der Waals surface area contributed by atoms with E-state index in [0.717, 1.165) is 0 Å². The maximum Gasteiger partial charge on any atom is 0.305 e. The number of nitro benzene ring substituents is 1. The van der Waals surface area contributed by atoms with Crippen molar-refractivity contribution in [2.24, 2.45) is 0 Å². The third kappa shape index (κ3) is 3.37. The molecule has 0 atom stereocenters. The first-order valence-electron chi connectivity index (χ1n) is 5.20. The van der Waals surface area contributed by atoms with Crippen molar-refractivity contribution in [3.8, 4) is 0 Å². The quantitative estimate of drug-likeness (QED) is 0.527. The van der Waals surface area contributed by atoms with Crippen LogP contribution < -0.4 is 5.32 Å². The summed E-state index contributed by atoms with van der Waals surface area (Å²) in [6, 6.07) is 1.33. The van der Waals surface area contributed by atoms with E-state index in [-0.39, 0.29) is 5.88 Å². The summed E-state index contributed by atoms with van der Waals surface area (Å²) in [5, 5.41) is 12.8. The number of hydrogen-bond donors (Lipinski definition) is 1. The third-order valence-corrected chi connectivity index (χ3v) is 2.95. The van der Waals surface area contributed by atoms with Gasteiger partial charge < -0.3 is 5.32 Å². The van der Waals surface area contributed by atoms with Gasteiger partial charge in [-0.15, -0.1) is 11.6 Å². The van der Waals surface area contributed by atoms with Crippen LogP contribution >= 0.6 is 11.6 Å². The summed E-state index contributed by atoms with van der Waals surface area (Å²) in [5.41, 5.74) is -2.86. The Labute approximate surface area is 112 Å². The van der Waals surface area contributed by atoms with E-state index in [1.807, 2.05) is 0 Å². The lowest BCUT2D eigenvalue weighted by Gasteiger charge is -2.23. The molecule has 0 aliphatic rings. The molecule has 1 N–H and O–H groups in total. The summed E-state index contributed by atoms with van der Waals surface area (Å²) < 4.78 is 27.2. The zero-order chi connectivity index (χ0) is 14.8. The summed E-state index contributed by atoms with van der Waals surface area (Å²) in [4.78, 5) is 21.3. The van der Waals surface area contributed by atoms with Crippen molar-refractivity contribution in [1.29, 1.82) is 0 Å². The fraction of sp³-hybridized carbons (Fsp3) is 0.364. The van der Waals surface area contributed by atoms with Crippen LogP contribution in [0.15, 0.2) is 12.1 Å². The Bertz CT molecular complexity index is 535. The molecule has 0 fully saturated rings. The van der Waals surface area contributed by atoms with Crippen molar-refractivity contribution >= 4 is 23.2 Å². The maximum atomic E-state index is 13.7. The Balaban J connectivity index is 3.23. The highest BCUT2D eigenvalue weighted by Gasteiger charge is 2.29. The van der Waals surface area contributed by atoms with Crippen LogP contribution in [0.25, 0.3) is 0 Å². The zero-order valence-corrected chi connectivity index (χ0v) is 10.9. The summed E-state index contributed by atoms with van der Waals surface area (Å²) in [6.07, 6.45) is 0. The predicted octanol–water partition coefficient (Wildman–Crippen LogP) is 2.62. The molecule has 0 heterocycles. The highest BCUT2D eigenvalue weighted by molar-refractivity contribution is 6.18. The van der Waals surface area contributed by atoms with E-state index in [0.29, 0.717) is 12.1 Å². The zero-order valence-electron chi connectivity index (χ0n) is 10.2. The highest BCUT2D eigenvalue weighted by Crippen LogP contribution is 2.23. The molecule has 0 aromatic heterocycles. The second-order valence-corrected chi connectivity index (χ2v) is 4.75. The third-order valence-electron chi connectivity index (χ3n) is 2.28. The second-order valence-electron chi connectivity index (χ2n) is 4.48. The number of carbonyl (C=O) groups is 1. The van der Waals surface area contributed by atoms with Crippen molar-refractivity contribution in [3.05, 3.63) is 39.4 Å². The van der Waals surface area contributed by atoms with Gasteiger partial charge in [0, 0.05) is 17.5 Å². The molecule has 0 aliphatic carbocycles. The summed E-state index contributed by atoms with van der Waals surface area (Å²) in [5.74, 6) is -3.76. The molecular formula is C11H11ClF2N2O3. The fourth-order valence-corrected chi connectivity index (χ4v) is 1.36. The molecule has 0 saturated heterocycles. The standard InChI is InChI=1S/C11H11ClF2N2O3/c1-11(2,5-12)15-10(17)8-6(13)3-4-7(9(8)14)16(18)19/h3-4H,5H2,1-2H3,(H,15,17). The van der Waals surface area contributed by atoms with Gasteiger partial charge in [-0.3, -0.25) is 14.9 Å². The van der Waals surface area contributed by atoms with E-state index < -0.39 is 39.3 Å². The second kappa shape index (κ2) is 5.48. The van der Waals surface area contributed by atoms with E-state index >= 15 is 0 Å². The number of amides is 1. The van der Waals surface area contributed by atoms with Gasteiger partial charge in [-0.05, 0) is 19.9 Å². The van der Waals surface area contributed by atoms with Gasteiger partial charge in [0.25, 0.3) is 5.91 Å². The number of rotatable bonds is 4. The predicted molar refractivity (Wildman–Crippen MR) is 65.3 cm³/mol. The minimum absolute atomic E-state index is 0.0108. The molecule has 0 spiro atoms. The summed E-state index contributed by atoms with van der Waals surface area (Å²) >= 11 is 5.58. The van der Waals surface area contributed by atoms with E-state index in [9.17, 15) is 23.7 Å². The first-order chi connectivity index (χ1) is 8.69. The molecule has 104 valence electrons. The summed E-state index contributed by atoms with van der Waals surface area (Å²) in [7, 11) is 0. The SMILES string of the molecule is CC(C)(CCl)NC(=O)c1c(F)ccc([N+](=O)[O-])c1F. The smallest absolute Gasteiger partial charge is 0.305 e. The molecular weight excluding hydrogens is 282 g/mol. The molecule has 0 aliphatic heterocycles. The maximum absolute atomic E-state index is 13.7. The number of halogens is 3. The Hall–Kier alpha value is -1.76. The number of carbonyl (C=O) groups excluding carboxylic acids is 1. The molecule has 0 unspecified atom stereocenters. The van der Waals surface area contributed by atoms with Crippen LogP contribution in [0.2, 0.25) is 0 Å².